The lowest BCUT2D eigenvalue weighted by atomic mass is 10.2. The predicted molar refractivity (Wildman–Crippen MR) is 138 cm³/mol. The van der Waals surface area contributed by atoms with Crippen molar-refractivity contribution >= 4 is 49.5 Å². The molecule has 0 aromatic heterocycles. The van der Waals surface area contributed by atoms with Gasteiger partial charge in [-0.2, -0.15) is 0 Å². The molecule has 0 atom stereocenters. The molecule has 0 spiro atoms. The van der Waals surface area contributed by atoms with Gasteiger partial charge >= 0.3 is 0 Å². The quantitative estimate of drug-likeness (QED) is 0.439. The lowest BCUT2D eigenvalue weighted by molar-refractivity contribution is 0.589. The van der Waals surface area contributed by atoms with E-state index < -0.39 is 20.0 Å². The van der Waals surface area contributed by atoms with Gasteiger partial charge in [-0.1, -0.05) is 36.4 Å². The fourth-order valence-electron chi connectivity index (χ4n) is 3.69. The first kappa shape index (κ1) is 25.8. The van der Waals surface area contributed by atoms with Crippen LogP contribution < -0.4 is 19.7 Å². The molecule has 1 aliphatic heterocycles. The fourth-order valence-corrected chi connectivity index (χ4v) is 6.11. The highest BCUT2D eigenvalue weighted by molar-refractivity contribution is 7.93. The van der Waals surface area contributed by atoms with E-state index in [0.29, 0.717) is 5.56 Å². The summed E-state index contributed by atoms with van der Waals surface area (Å²) in [5.74, 6) is 0. The second-order valence-corrected chi connectivity index (χ2v) is 11.1. The van der Waals surface area contributed by atoms with Gasteiger partial charge in [-0.3, -0.25) is 9.44 Å². The number of hydrogen-bond acceptors (Lipinski definition) is 6. The summed E-state index contributed by atoms with van der Waals surface area (Å²) < 4.78 is 57.4. The van der Waals surface area contributed by atoms with Gasteiger partial charge in [0.15, 0.2) is 0 Å². The second-order valence-electron chi connectivity index (χ2n) is 7.76. The maximum atomic E-state index is 13.1. The Balaban J connectivity index is 0.00000324. The van der Waals surface area contributed by atoms with Gasteiger partial charge in [-0.25, -0.2) is 16.8 Å². The minimum Gasteiger partial charge on any atom is -0.369 e. The fraction of sp³-hybridized carbons (Fsp3) is 0.217. The molecule has 1 fully saturated rings. The highest BCUT2D eigenvalue weighted by atomic mass is 35.5. The largest absolute Gasteiger partial charge is 0.369 e. The lowest BCUT2D eigenvalue weighted by Crippen LogP contribution is -2.43. The van der Waals surface area contributed by atoms with Crippen molar-refractivity contribution in [3.05, 3.63) is 78.4 Å². The van der Waals surface area contributed by atoms with Gasteiger partial charge in [0.2, 0.25) is 0 Å². The van der Waals surface area contributed by atoms with Crippen LogP contribution in [0.5, 0.6) is 0 Å². The van der Waals surface area contributed by atoms with Crippen molar-refractivity contribution in [3.8, 4) is 0 Å². The van der Waals surface area contributed by atoms with Crippen LogP contribution in [0.4, 0.5) is 17.1 Å². The van der Waals surface area contributed by atoms with E-state index in [1.807, 2.05) is 0 Å². The Hall–Kier alpha value is -2.79. The van der Waals surface area contributed by atoms with Crippen molar-refractivity contribution in [3.63, 3.8) is 0 Å². The van der Waals surface area contributed by atoms with Crippen LogP contribution in [-0.2, 0) is 20.0 Å². The van der Waals surface area contributed by atoms with E-state index in [-0.39, 0.29) is 33.6 Å². The molecule has 1 heterocycles. The summed E-state index contributed by atoms with van der Waals surface area (Å²) in [6.45, 7) is 4.86. The number of sulfonamides is 2. The van der Waals surface area contributed by atoms with Crippen LogP contribution in [0.1, 0.15) is 5.56 Å². The third kappa shape index (κ3) is 5.82. The van der Waals surface area contributed by atoms with Crippen LogP contribution in [0.25, 0.3) is 0 Å². The zero-order valence-electron chi connectivity index (χ0n) is 18.6. The van der Waals surface area contributed by atoms with Crippen molar-refractivity contribution < 1.29 is 16.8 Å². The molecule has 3 aromatic rings. The van der Waals surface area contributed by atoms with E-state index in [4.69, 9.17) is 0 Å². The van der Waals surface area contributed by atoms with E-state index in [2.05, 4.69) is 19.7 Å². The number of nitrogens with zero attached hydrogens (tertiary/aromatic N) is 1. The van der Waals surface area contributed by atoms with E-state index in [1.54, 1.807) is 61.5 Å². The summed E-state index contributed by atoms with van der Waals surface area (Å²) in [6, 6.07) is 19.6. The van der Waals surface area contributed by atoms with Gasteiger partial charge in [0, 0.05) is 31.9 Å². The summed E-state index contributed by atoms with van der Waals surface area (Å²) >= 11 is 0. The molecule has 3 aromatic carbocycles. The van der Waals surface area contributed by atoms with Crippen molar-refractivity contribution in [2.45, 2.75) is 16.7 Å². The number of rotatable bonds is 7. The molecule has 1 saturated heterocycles. The normalized spacial score (nSPS) is 14.2. The molecule has 4 rings (SSSR count). The topological polar surface area (TPSA) is 108 Å². The molecule has 3 N–H and O–H groups in total. The standard InChI is InChI=1S/C23H26N4O4S2.ClH/c1-18-7-5-6-10-23(18)33(30,31)25-21-12-11-19(27-15-13-24-14-16-27)17-22(21)26-32(28,29)20-8-3-2-4-9-20;/h2-12,17,24-26H,13-16H2,1H3;1H. The van der Waals surface area contributed by atoms with Crippen LogP contribution >= 0.6 is 12.4 Å². The van der Waals surface area contributed by atoms with E-state index >= 15 is 0 Å². The summed E-state index contributed by atoms with van der Waals surface area (Å²) in [5.41, 5.74) is 1.71. The molecule has 182 valence electrons. The van der Waals surface area contributed by atoms with Gasteiger partial charge in [0.05, 0.1) is 21.2 Å². The van der Waals surface area contributed by atoms with Crippen molar-refractivity contribution in [2.75, 3.05) is 40.5 Å². The van der Waals surface area contributed by atoms with Crippen LogP contribution in [0, 0.1) is 6.92 Å². The van der Waals surface area contributed by atoms with Gasteiger partial charge in [0.1, 0.15) is 0 Å². The molecule has 1 aliphatic rings. The third-order valence-electron chi connectivity index (χ3n) is 5.41. The molecular formula is C23H27ClN4O4S2. The molecule has 0 amide bonds. The Morgan fingerprint density at radius 3 is 2.06 bits per heavy atom. The first-order chi connectivity index (χ1) is 15.8. The number of anilines is 3. The summed E-state index contributed by atoms with van der Waals surface area (Å²) in [5, 5.41) is 3.28. The third-order valence-corrected chi connectivity index (χ3v) is 8.32. The molecule has 0 aliphatic carbocycles. The Morgan fingerprint density at radius 1 is 0.765 bits per heavy atom. The molecular weight excluding hydrogens is 496 g/mol. The SMILES string of the molecule is Cc1ccccc1S(=O)(=O)Nc1ccc(N2CCNCC2)cc1NS(=O)(=O)c1ccccc1.Cl. The van der Waals surface area contributed by atoms with Crippen molar-refractivity contribution in [1.29, 1.82) is 0 Å². The van der Waals surface area contributed by atoms with E-state index in [0.717, 1.165) is 31.9 Å². The molecule has 0 radical (unpaired) electrons. The first-order valence-electron chi connectivity index (χ1n) is 10.5. The number of benzene rings is 3. The minimum atomic E-state index is -3.93. The average molecular weight is 523 g/mol. The Labute approximate surface area is 206 Å². The predicted octanol–water partition coefficient (Wildman–Crippen LogP) is 3.43. The molecule has 34 heavy (non-hydrogen) atoms. The lowest BCUT2D eigenvalue weighted by Gasteiger charge is -2.30. The highest BCUT2D eigenvalue weighted by Crippen LogP contribution is 2.32. The molecule has 0 bridgehead atoms. The first-order valence-corrected chi connectivity index (χ1v) is 13.5. The number of nitrogens with one attached hydrogen (secondary N) is 3. The van der Waals surface area contributed by atoms with Crippen LogP contribution in [0.2, 0.25) is 0 Å². The zero-order valence-corrected chi connectivity index (χ0v) is 21.0. The van der Waals surface area contributed by atoms with Crippen molar-refractivity contribution in [1.82, 2.24) is 5.32 Å². The minimum absolute atomic E-state index is 0. The maximum absolute atomic E-state index is 13.1. The maximum Gasteiger partial charge on any atom is 0.262 e. The van der Waals surface area contributed by atoms with Crippen molar-refractivity contribution in [2.24, 2.45) is 0 Å². The zero-order chi connectivity index (χ0) is 23.5. The smallest absolute Gasteiger partial charge is 0.262 e. The Kier molecular flexibility index (Phi) is 8.09. The average Bonchev–Trinajstić information content (AvgIpc) is 2.81. The molecule has 11 heteroatoms. The van der Waals surface area contributed by atoms with Crippen LogP contribution in [-0.4, -0.2) is 43.0 Å². The van der Waals surface area contributed by atoms with Gasteiger partial charge < -0.3 is 10.2 Å². The van der Waals surface area contributed by atoms with Crippen LogP contribution in [0.3, 0.4) is 0 Å². The number of aryl methyl sites for hydroxylation is 1. The monoisotopic (exact) mass is 522 g/mol. The summed E-state index contributed by atoms with van der Waals surface area (Å²) in [7, 11) is -7.86. The molecule has 8 nitrogen and oxygen atoms in total. The van der Waals surface area contributed by atoms with E-state index in [1.165, 1.54) is 18.2 Å². The van der Waals surface area contributed by atoms with Gasteiger partial charge in [-0.15, -0.1) is 12.4 Å². The Morgan fingerprint density at radius 2 is 1.38 bits per heavy atom. The van der Waals surface area contributed by atoms with E-state index in [9.17, 15) is 16.8 Å². The van der Waals surface area contributed by atoms with Crippen LogP contribution in [0.15, 0.2) is 82.6 Å². The summed E-state index contributed by atoms with van der Waals surface area (Å²) in [6.07, 6.45) is 0. The summed E-state index contributed by atoms with van der Waals surface area (Å²) in [4.78, 5) is 2.34. The van der Waals surface area contributed by atoms with Gasteiger partial charge in [-0.05, 0) is 48.9 Å². The Bertz CT molecular complexity index is 1340. The number of piperazine rings is 1. The highest BCUT2D eigenvalue weighted by Gasteiger charge is 2.22. The number of hydrogen-bond donors (Lipinski definition) is 3. The molecule has 0 unspecified atom stereocenters. The molecule has 0 saturated carbocycles. The van der Waals surface area contributed by atoms with Gasteiger partial charge in [0.25, 0.3) is 20.0 Å². The second kappa shape index (κ2) is 10.6. The number of halogens is 1.